The van der Waals surface area contributed by atoms with Gasteiger partial charge in [-0.1, -0.05) is 53.2 Å². The Morgan fingerprint density at radius 1 is 1.13 bits per heavy atom. The van der Waals surface area contributed by atoms with E-state index in [9.17, 15) is 4.79 Å². The van der Waals surface area contributed by atoms with Crippen molar-refractivity contribution in [2.75, 3.05) is 7.11 Å². The van der Waals surface area contributed by atoms with Crippen LogP contribution < -0.4 is 10.3 Å². The summed E-state index contributed by atoms with van der Waals surface area (Å²) in [6, 6.07) is 15.8. The van der Waals surface area contributed by atoms with Gasteiger partial charge in [-0.15, -0.1) is 11.3 Å². The molecule has 0 unspecified atom stereocenters. The number of methoxy groups -OCH3 is 1. The lowest BCUT2D eigenvalue weighted by Gasteiger charge is -2.13. The van der Waals surface area contributed by atoms with Gasteiger partial charge in [0.05, 0.1) is 18.2 Å². The minimum Gasteiger partial charge on any atom is -0.497 e. The number of halogens is 1. The molecule has 0 saturated heterocycles. The van der Waals surface area contributed by atoms with Crippen molar-refractivity contribution in [2.24, 2.45) is 0 Å². The molecule has 2 heterocycles. The van der Waals surface area contributed by atoms with Gasteiger partial charge in [-0.25, -0.2) is 4.98 Å². The number of nitrogens with zero attached hydrogens (tertiary/aromatic N) is 2. The van der Waals surface area contributed by atoms with E-state index in [1.54, 1.807) is 34.8 Å². The molecule has 0 fully saturated rings. The fourth-order valence-corrected chi connectivity index (χ4v) is 6.01. The lowest BCUT2D eigenvalue weighted by molar-refractivity contribution is 0.414. The summed E-state index contributed by atoms with van der Waals surface area (Å²) in [5.74, 6) is 1.49. The molecule has 0 spiro atoms. The largest absolute Gasteiger partial charge is 0.497 e. The average Bonchev–Trinajstić information content (AvgIpc) is 3.09. The summed E-state index contributed by atoms with van der Waals surface area (Å²) in [6.45, 7) is 4.20. The Balaban J connectivity index is 1.84. The van der Waals surface area contributed by atoms with E-state index >= 15 is 0 Å². The molecule has 0 atom stereocenters. The first-order valence-electron chi connectivity index (χ1n) is 10.1. The van der Waals surface area contributed by atoms with Gasteiger partial charge in [0.15, 0.2) is 5.16 Å². The van der Waals surface area contributed by atoms with Crippen LogP contribution in [-0.4, -0.2) is 16.7 Å². The highest BCUT2D eigenvalue weighted by molar-refractivity contribution is 9.10. The first kappa shape index (κ1) is 22.1. The monoisotopic (exact) mass is 514 g/mol. The van der Waals surface area contributed by atoms with Crippen LogP contribution in [0.4, 0.5) is 0 Å². The average molecular weight is 515 g/mol. The van der Waals surface area contributed by atoms with Crippen LogP contribution in [0.1, 0.15) is 29.3 Å². The van der Waals surface area contributed by atoms with Gasteiger partial charge < -0.3 is 4.74 Å². The Labute approximate surface area is 198 Å². The summed E-state index contributed by atoms with van der Waals surface area (Å²) in [6.07, 6.45) is 2.02. The highest BCUT2D eigenvalue weighted by Gasteiger charge is 2.19. The third-order valence-corrected chi connectivity index (χ3v) is 7.91. The molecule has 0 aliphatic carbocycles. The maximum atomic E-state index is 13.7. The highest BCUT2D eigenvalue weighted by atomic mass is 79.9. The van der Waals surface area contributed by atoms with Crippen molar-refractivity contribution < 1.29 is 4.74 Å². The quantitative estimate of drug-likeness (QED) is 0.201. The molecule has 160 valence electrons. The molecule has 4 aromatic rings. The summed E-state index contributed by atoms with van der Waals surface area (Å²) in [5.41, 5.74) is 3.02. The van der Waals surface area contributed by atoms with Gasteiger partial charge in [0.25, 0.3) is 5.56 Å². The second-order valence-corrected chi connectivity index (χ2v) is 10.2. The van der Waals surface area contributed by atoms with Crippen LogP contribution in [-0.2, 0) is 12.2 Å². The minimum atomic E-state index is -0.00965. The Morgan fingerprint density at radius 3 is 2.48 bits per heavy atom. The molecule has 4 rings (SSSR count). The van der Waals surface area contributed by atoms with Crippen LogP contribution in [0.25, 0.3) is 15.9 Å². The normalized spacial score (nSPS) is 11.2. The van der Waals surface area contributed by atoms with Crippen molar-refractivity contribution in [3.8, 4) is 11.4 Å². The molecule has 7 heteroatoms. The number of benzene rings is 2. The third-order valence-electron chi connectivity index (χ3n) is 5.12. The Bertz CT molecular complexity index is 1260. The van der Waals surface area contributed by atoms with Crippen LogP contribution in [0.2, 0.25) is 0 Å². The van der Waals surface area contributed by atoms with Crippen LogP contribution in [0.5, 0.6) is 5.75 Å². The van der Waals surface area contributed by atoms with Gasteiger partial charge in [-0.05, 0) is 60.9 Å². The number of hydrogen-bond donors (Lipinski definition) is 0. The molecule has 31 heavy (non-hydrogen) atoms. The zero-order valence-electron chi connectivity index (χ0n) is 17.6. The molecular formula is C24H23BrN2O2S2. The van der Waals surface area contributed by atoms with Crippen molar-refractivity contribution in [3.63, 3.8) is 0 Å². The molecule has 0 aliphatic rings. The summed E-state index contributed by atoms with van der Waals surface area (Å²) in [5, 5.41) is 1.44. The van der Waals surface area contributed by atoms with E-state index in [1.807, 2.05) is 43.3 Å². The number of ether oxygens (including phenoxy) is 1. The number of rotatable bonds is 7. The van der Waals surface area contributed by atoms with E-state index in [2.05, 4.69) is 35.0 Å². The minimum absolute atomic E-state index is 0.00965. The first-order chi connectivity index (χ1) is 15.0. The Morgan fingerprint density at radius 2 is 1.84 bits per heavy atom. The van der Waals surface area contributed by atoms with Crippen molar-refractivity contribution in [1.82, 2.24) is 9.55 Å². The standard InChI is InChI=1S/C24H23BrN2O2S2/c1-4-5-20-15(2)21-22(31-20)26-24(30-14-16-6-8-17(25)9-7-16)27(23(21)28)18-10-12-19(29-3)13-11-18/h6-13H,4-5,14H2,1-3H3. The number of fused-ring (bicyclic) bond motifs is 1. The van der Waals surface area contributed by atoms with Gasteiger partial charge in [0, 0.05) is 15.1 Å². The van der Waals surface area contributed by atoms with Crippen LogP contribution in [0.15, 0.2) is 63.0 Å². The maximum Gasteiger partial charge on any atom is 0.267 e. The molecule has 2 aromatic carbocycles. The molecule has 0 amide bonds. The smallest absolute Gasteiger partial charge is 0.267 e. The van der Waals surface area contributed by atoms with Crippen LogP contribution >= 0.6 is 39.0 Å². The molecule has 0 bridgehead atoms. The van der Waals surface area contributed by atoms with Crippen molar-refractivity contribution in [2.45, 2.75) is 37.6 Å². The molecule has 0 N–H and O–H groups in total. The van der Waals surface area contributed by atoms with Gasteiger partial charge in [-0.3, -0.25) is 9.36 Å². The lowest BCUT2D eigenvalue weighted by atomic mass is 10.1. The lowest BCUT2D eigenvalue weighted by Crippen LogP contribution is -2.21. The predicted octanol–water partition coefficient (Wildman–Crippen LogP) is 6.77. The van der Waals surface area contributed by atoms with Crippen LogP contribution in [0.3, 0.4) is 0 Å². The SMILES string of the molecule is CCCc1sc2nc(SCc3ccc(Br)cc3)n(-c3ccc(OC)cc3)c(=O)c2c1C. The highest BCUT2D eigenvalue weighted by Crippen LogP contribution is 2.32. The number of thioether (sulfide) groups is 1. The summed E-state index contributed by atoms with van der Waals surface area (Å²) >= 11 is 6.71. The van der Waals surface area contributed by atoms with Gasteiger partial charge in [-0.2, -0.15) is 0 Å². The molecular weight excluding hydrogens is 492 g/mol. The molecule has 4 nitrogen and oxygen atoms in total. The molecule has 0 radical (unpaired) electrons. The van der Waals surface area contributed by atoms with E-state index in [0.29, 0.717) is 5.16 Å². The second kappa shape index (κ2) is 9.59. The first-order valence-corrected chi connectivity index (χ1v) is 12.7. The van der Waals surface area contributed by atoms with E-state index in [4.69, 9.17) is 9.72 Å². The number of hydrogen-bond acceptors (Lipinski definition) is 5. The topological polar surface area (TPSA) is 44.1 Å². The fraction of sp³-hybridized carbons (Fsp3) is 0.250. The molecule has 0 saturated carbocycles. The Hall–Kier alpha value is -2.09. The van der Waals surface area contributed by atoms with E-state index in [0.717, 1.165) is 50.3 Å². The molecule has 0 aliphatic heterocycles. The fourth-order valence-electron chi connectivity index (χ4n) is 3.46. The third kappa shape index (κ3) is 4.59. The van der Waals surface area contributed by atoms with Gasteiger partial charge in [0.2, 0.25) is 0 Å². The van der Waals surface area contributed by atoms with Gasteiger partial charge in [0.1, 0.15) is 10.6 Å². The molecule has 2 aromatic heterocycles. The number of aromatic nitrogens is 2. The summed E-state index contributed by atoms with van der Waals surface area (Å²) in [4.78, 5) is 20.7. The summed E-state index contributed by atoms with van der Waals surface area (Å²) < 4.78 is 8.08. The van der Waals surface area contributed by atoms with Crippen molar-refractivity contribution in [3.05, 3.63) is 79.4 Å². The van der Waals surface area contributed by atoms with Crippen molar-refractivity contribution in [1.29, 1.82) is 0 Å². The van der Waals surface area contributed by atoms with Gasteiger partial charge >= 0.3 is 0 Å². The van der Waals surface area contributed by atoms with Crippen molar-refractivity contribution >= 4 is 49.2 Å². The number of aryl methyl sites for hydroxylation is 2. The van der Waals surface area contributed by atoms with Crippen LogP contribution in [0, 0.1) is 6.92 Å². The van der Waals surface area contributed by atoms with E-state index in [1.165, 1.54) is 10.4 Å². The van der Waals surface area contributed by atoms with E-state index in [-0.39, 0.29) is 5.56 Å². The second-order valence-electron chi connectivity index (χ2n) is 7.23. The maximum absolute atomic E-state index is 13.7. The van der Waals surface area contributed by atoms with E-state index < -0.39 is 0 Å². The zero-order valence-corrected chi connectivity index (χ0v) is 20.9. The Kier molecular flexibility index (Phi) is 6.84. The number of thiophene rings is 1. The summed E-state index contributed by atoms with van der Waals surface area (Å²) in [7, 11) is 1.64. The predicted molar refractivity (Wildman–Crippen MR) is 134 cm³/mol. The zero-order chi connectivity index (χ0) is 22.0.